The number of nitrogens with two attached hydrogens (primary N) is 1. The largest absolute Gasteiger partial charge is 0.330 e. The van der Waals surface area contributed by atoms with E-state index in [1.807, 2.05) is 0 Å². The molecule has 2 N–H and O–H groups in total. The molecule has 1 rings (SSSR count). The average Bonchev–Trinajstić information content (AvgIpc) is 2.19. The lowest BCUT2D eigenvalue weighted by atomic mass is 9.77. The zero-order chi connectivity index (χ0) is 9.52. The predicted molar refractivity (Wildman–Crippen MR) is 58.6 cm³/mol. The van der Waals surface area contributed by atoms with Crippen LogP contribution >= 0.6 is 0 Å². The lowest BCUT2D eigenvalue weighted by Gasteiger charge is -2.28. The number of hydrogen-bond donors (Lipinski definition) is 1. The fourth-order valence-corrected chi connectivity index (χ4v) is 2.36. The zero-order valence-electron chi connectivity index (χ0n) is 8.84. The summed E-state index contributed by atoms with van der Waals surface area (Å²) in [6, 6.07) is 0. The summed E-state index contributed by atoms with van der Waals surface area (Å²) in [6.45, 7) is 3.11. The van der Waals surface area contributed by atoms with Gasteiger partial charge in [-0.3, -0.25) is 0 Å². The van der Waals surface area contributed by atoms with Gasteiger partial charge < -0.3 is 5.73 Å². The highest BCUT2D eigenvalue weighted by atomic mass is 14.5. The van der Waals surface area contributed by atoms with Gasteiger partial charge in [0.15, 0.2) is 0 Å². The minimum absolute atomic E-state index is 0.792. The first kappa shape index (κ1) is 10.8. The molecule has 0 aromatic heterocycles. The first-order valence-electron chi connectivity index (χ1n) is 5.75. The molecule has 1 aliphatic carbocycles. The molecular formula is C12H23N. The molecule has 0 amide bonds. The lowest BCUT2D eigenvalue weighted by Crippen LogP contribution is -2.16. The average molecular weight is 181 g/mol. The molecule has 0 aromatic carbocycles. The molecule has 1 nitrogen and oxygen atoms in total. The van der Waals surface area contributed by atoms with E-state index in [0.717, 1.165) is 24.8 Å². The third-order valence-electron chi connectivity index (χ3n) is 3.21. The normalized spacial score (nSPS) is 29.7. The van der Waals surface area contributed by atoms with Crippen LogP contribution < -0.4 is 5.73 Å². The van der Waals surface area contributed by atoms with Crippen LogP contribution in [0.2, 0.25) is 0 Å². The number of hydrogen-bond acceptors (Lipinski definition) is 1. The molecule has 1 saturated carbocycles. The van der Waals surface area contributed by atoms with Crippen LogP contribution in [0.4, 0.5) is 0 Å². The van der Waals surface area contributed by atoms with Gasteiger partial charge in [0, 0.05) is 0 Å². The molecule has 0 aromatic rings. The second kappa shape index (κ2) is 6.20. The highest BCUT2D eigenvalue weighted by molar-refractivity contribution is 4.93. The minimum atomic E-state index is 0.792. The third-order valence-corrected chi connectivity index (χ3v) is 3.21. The van der Waals surface area contributed by atoms with Gasteiger partial charge in [-0.1, -0.05) is 38.3 Å². The first-order chi connectivity index (χ1) is 6.38. The van der Waals surface area contributed by atoms with Gasteiger partial charge in [-0.25, -0.2) is 0 Å². The van der Waals surface area contributed by atoms with Crippen molar-refractivity contribution in [2.45, 2.75) is 45.4 Å². The van der Waals surface area contributed by atoms with E-state index < -0.39 is 0 Å². The summed E-state index contributed by atoms with van der Waals surface area (Å²) in [6.07, 6.45) is 12.8. The van der Waals surface area contributed by atoms with E-state index in [-0.39, 0.29) is 0 Å². The van der Waals surface area contributed by atoms with E-state index in [2.05, 4.69) is 19.1 Å². The Hall–Kier alpha value is -0.300. The Bertz CT molecular complexity index is 151. The molecule has 0 bridgehead atoms. The van der Waals surface area contributed by atoms with Gasteiger partial charge in [0.05, 0.1) is 0 Å². The third kappa shape index (κ3) is 3.51. The summed E-state index contributed by atoms with van der Waals surface area (Å²) in [5.41, 5.74) is 5.46. The van der Waals surface area contributed by atoms with E-state index >= 15 is 0 Å². The van der Waals surface area contributed by atoms with Crippen molar-refractivity contribution in [2.75, 3.05) is 6.54 Å². The molecule has 0 saturated heterocycles. The summed E-state index contributed by atoms with van der Waals surface area (Å²) >= 11 is 0. The van der Waals surface area contributed by atoms with Crippen LogP contribution in [0.3, 0.4) is 0 Å². The van der Waals surface area contributed by atoms with Crippen molar-refractivity contribution in [1.29, 1.82) is 0 Å². The predicted octanol–water partition coefficient (Wildman–Crippen LogP) is 3.11. The first-order valence-corrected chi connectivity index (χ1v) is 5.75. The van der Waals surface area contributed by atoms with Crippen molar-refractivity contribution in [3.63, 3.8) is 0 Å². The Labute approximate surface area is 82.4 Å². The van der Waals surface area contributed by atoms with Crippen molar-refractivity contribution in [3.8, 4) is 0 Å². The number of allylic oxidation sites excluding steroid dienone is 1. The van der Waals surface area contributed by atoms with Crippen LogP contribution in [0.1, 0.15) is 45.4 Å². The second-order valence-electron chi connectivity index (χ2n) is 4.12. The molecule has 0 radical (unpaired) electrons. The summed E-state index contributed by atoms with van der Waals surface area (Å²) in [7, 11) is 0. The van der Waals surface area contributed by atoms with Crippen LogP contribution in [0.15, 0.2) is 12.2 Å². The topological polar surface area (TPSA) is 26.0 Å². The smallest absolute Gasteiger partial charge is 0.00426 e. The maximum absolute atomic E-state index is 5.46. The molecule has 1 aliphatic rings. The van der Waals surface area contributed by atoms with Crippen molar-refractivity contribution in [2.24, 2.45) is 17.6 Å². The maximum atomic E-state index is 5.46. The fraction of sp³-hybridized carbons (Fsp3) is 0.833. The van der Waals surface area contributed by atoms with Gasteiger partial charge in [-0.2, -0.15) is 0 Å². The Kier molecular flexibility index (Phi) is 5.14. The van der Waals surface area contributed by atoms with E-state index in [4.69, 9.17) is 5.73 Å². The Morgan fingerprint density at radius 3 is 2.77 bits per heavy atom. The SMILES string of the molecule is CCC1CCCCC1C=CCCN. The van der Waals surface area contributed by atoms with E-state index in [9.17, 15) is 0 Å². The molecule has 0 aliphatic heterocycles. The highest BCUT2D eigenvalue weighted by Gasteiger charge is 2.20. The summed E-state index contributed by atoms with van der Waals surface area (Å²) in [5, 5.41) is 0. The van der Waals surface area contributed by atoms with Gasteiger partial charge in [0.1, 0.15) is 0 Å². The molecular weight excluding hydrogens is 158 g/mol. The molecule has 2 atom stereocenters. The van der Waals surface area contributed by atoms with Crippen LogP contribution in [0.25, 0.3) is 0 Å². The molecule has 0 spiro atoms. The highest BCUT2D eigenvalue weighted by Crippen LogP contribution is 2.32. The molecule has 2 unspecified atom stereocenters. The standard InChI is InChI=1S/C12H23N/c1-2-11-7-3-4-8-12(11)9-5-6-10-13/h5,9,11-12H,2-4,6-8,10,13H2,1H3. The van der Waals surface area contributed by atoms with Gasteiger partial charge in [0.2, 0.25) is 0 Å². The van der Waals surface area contributed by atoms with Crippen LogP contribution in [-0.2, 0) is 0 Å². The van der Waals surface area contributed by atoms with Gasteiger partial charge in [-0.05, 0) is 37.6 Å². The maximum Gasteiger partial charge on any atom is -0.00426 e. The molecule has 13 heavy (non-hydrogen) atoms. The van der Waals surface area contributed by atoms with Crippen LogP contribution in [-0.4, -0.2) is 6.54 Å². The molecule has 0 heterocycles. The molecule has 76 valence electrons. The molecule has 1 fully saturated rings. The van der Waals surface area contributed by atoms with Gasteiger partial charge in [-0.15, -0.1) is 0 Å². The van der Waals surface area contributed by atoms with Crippen molar-refractivity contribution in [1.82, 2.24) is 0 Å². The quantitative estimate of drug-likeness (QED) is 0.663. The van der Waals surface area contributed by atoms with Gasteiger partial charge >= 0.3 is 0 Å². The van der Waals surface area contributed by atoms with Crippen LogP contribution in [0, 0.1) is 11.8 Å². The van der Waals surface area contributed by atoms with Crippen LogP contribution in [0.5, 0.6) is 0 Å². The van der Waals surface area contributed by atoms with Gasteiger partial charge in [0.25, 0.3) is 0 Å². The van der Waals surface area contributed by atoms with Crippen molar-refractivity contribution in [3.05, 3.63) is 12.2 Å². The Morgan fingerprint density at radius 1 is 1.31 bits per heavy atom. The van der Waals surface area contributed by atoms with E-state index in [1.54, 1.807) is 0 Å². The minimum Gasteiger partial charge on any atom is -0.330 e. The van der Waals surface area contributed by atoms with E-state index in [1.165, 1.54) is 32.1 Å². The Balaban J connectivity index is 2.35. The summed E-state index contributed by atoms with van der Waals surface area (Å²) in [5.74, 6) is 1.80. The molecule has 1 heteroatoms. The second-order valence-corrected chi connectivity index (χ2v) is 4.12. The van der Waals surface area contributed by atoms with E-state index in [0.29, 0.717) is 0 Å². The number of rotatable bonds is 4. The summed E-state index contributed by atoms with van der Waals surface area (Å²) in [4.78, 5) is 0. The Morgan fingerprint density at radius 2 is 2.08 bits per heavy atom. The summed E-state index contributed by atoms with van der Waals surface area (Å²) < 4.78 is 0. The monoisotopic (exact) mass is 181 g/mol. The zero-order valence-corrected chi connectivity index (χ0v) is 8.84. The van der Waals surface area contributed by atoms with Crippen molar-refractivity contribution >= 4 is 0 Å². The van der Waals surface area contributed by atoms with Crippen molar-refractivity contribution < 1.29 is 0 Å². The fourth-order valence-electron chi connectivity index (χ4n) is 2.36. The lowest BCUT2D eigenvalue weighted by molar-refractivity contribution is 0.276.